The standard InChI is InChI=1S/C15H19NO/c1-10-7-11(2)9-13(8-10)14(16-4)15-12(3)5-6-17-15/h5-9,14,16H,1-4H3. The number of furan rings is 1. The molecule has 0 bridgehead atoms. The topological polar surface area (TPSA) is 25.2 Å². The lowest BCUT2D eigenvalue weighted by Gasteiger charge is -2.16. The van der Waals surface area contributed by atoms with Gasteiger partial charge in [-0.3, -0.25) is 0 Å². The molecule has 1 heterocycles. The average Bonchev–Trinajstić information content (AvgIpc) is 2.65. The highest BCUT2D eigenvalue weighted by atomic mass is 16.3. The predicted molar refractivity (Wildman–Crippen MR) is 70.3 cm³/mol. The van der Waals surface area contributed by atoms with Gasteiger partial charge < -0.3 is 9.73 Å². The van der Waals surface area contributed by atoms with Gasteiger partial charge in [-0.2, -0.15) is 0 Å². The Morgan fingerprint density at radius 3 is 2.18 bits per heavy atom. The largest absolute Gasteiger partial charge is 0.467 e. The summed E-state index contributed by atoms with van der Waals surface area (Å²) >= 11 is 0. The summed E-state index contributed by atoms with van der Waals surface area (Å²) in [6.07, 6.45) is 1.75. The summed E-state index contributed by atoms with van der Waals surface area (Å²) in [6, 6.07) is 8.73. The van der Waals surface area contributed by atoms with Gasteiger partial charge in [-0.25, -0.2) is 0 Å². The van der Waals surface area contributed by atoms with E-state index in [-0.39, 0.29) is 6.04 Å². The van der Waals surface area contributed by atoms with E-state index in [1.807, 2.05) is 13.1 Å². The maximum Gasteiger partial charge on any atom is 0.128 e. The molecule has 1 N–H and O–H groups in total. The fourth-order valence-corrected chi connectivity index (χ4v) is 2.31. The van der Waals surface area contributed by atoms with E-state index in [0.29, 0.717) is 0 Å². The number of aryl methyl sites for hydroxylation is 3. The van der Waals surface area contributed by atoms with Gasteiger partial charge in [-0.15, -0.1) is 0 Å². The molecule has 1 aromatic carbocycles. The van der Waals surface area contributed by atoms with E-state index in [4.69, 9.17) is 4.42 Å². The van der Waals surface area contributed by atoms with Gasteiger partial charge in [0.25, 0.3) is 0 Å². The maximum absolute atomic E-state index is 5.59. The first kappa shape index (κ1) is 11.9. The molecule has 1 atom stereocenters. The van der Waals surface area contributed by atoms with E-state index in [9.17, 15) is 0 Å². The Morgan fingerprint density at radius 1 is 1.06 bits per heavy atom. The van der Waals surface area contributed by atoms with E-state index in [2.05, 4.69) is 44.3 Å². The van der Waals surface area contributed by atoms with Crippen LogP contribution in [0.25, 0.3) is 0 Å². The van der Waals surface area contributed by atoms with Gasteiger partial charge in [0.15, 0.2) is 0 Å². The van der Waals surface area contributed by atoms with Crippen molar-refractivity contribution >= 4 is 0 Å². The molecule has 1 unspecified atom stereocenters. The molecule has 0 aliphatic heterocycles. The lowest BCUT2D eigenvalue weighted by molar-refractivity contribution is 0.460. The number of benzene rings is 1. The molecule has 0 aliphatic carbocycles. The third kappa shape index (κ3) is 2.42. The van der Waals surface area contributed by atoms with Crippen LogP contribution in [0.5, 0.6) is 0 Å². The molecule has 2 nitrogen and oxygen atoms in total. The number of rotatable bonds is 3. The van der Waals surface area contributed by atoms with E-state index in [0.717, 1.165) is 5.76 Å². The summed E-state index contributed by atoms with van der Waals surface area (Å²) in [5, 5.41) is 3.32. The summed E-state index contributed by atoms with van der Waals surface area (Å²) in [5.74, 6) is 0.998. The first-order valence-corrected chi connectivity index (χ1v) is 5.91. The molecular formula is C15H19NO. The first-order chi connectivity index (χ1) is 8.11. The lowest BCUT2D eigenvalue weighted by Crippen LogP contribution is -2.18. The Kier molecular flexibility index (Phi) is 3.34. The molecule has 0 radical (unpaired) electrons. The van der Waals surface area contributed by atoms with Crippen molar-refractivity contribution in [2.75, 3.05) is 7.05 Å². The summed E-state index contributed by atoms with van der Waals surface area (Å²) in [7, 11) is 1.96. The van der Waals surface area contributed by atoms with Crippen molar-refractivity contribution in [3.63, 3.8) is 0 Å². The monoisotopic (exact) mass is 229 g/mol. The van der Waals surface area contributed by atoms with Crippen LogP contribution in [-0.2, 0) is 0 Å². The Balaban J connectivity index is 2.45. The molecule has 2 aromatic rings. The van der Waals surface area contributed by atoms with E-state index >= 15 is 0 Å². The Hall–Kier alpha value is -1.54. The molecule has 2 rings (SSSR count). The molecule has 0 aliphatic rings. The molecule has 0 spiro atoms. The highest BCUT2D eigenvalue weighted by molar-refractivity contribution is 5.36. The minimum atomic E-state index is 0.128. The lowest BCUT2D eigenvalue weighted by atomic mass is 9.98. The van der Waals surface area contributed by atoms with Crippen LogP contribution in [0.2, 0.25) is 0 Å². The van der Waals surface area contributed by atoms with E-state index in [1.54, 1.807) is 6.26 Å². The summed E-state index contributed by atoms with van der Waals surface area (Å²) in [5.41, 5.74) is 5.00. The van der Waals surface area contributed by atoms with Crippen molar-refractivity contribution in [2.45, 2.75) is 26.8 Å². The predicted octanol–water partition coefficient (Wildman–Crippen LogP) is 3.51. The van der Waals surface area contributed by atoms with Gasteiger partial charge in [-0.05, 0) is 45.0 Å². The molecule has 0 fully saturated rings. The summed E-state index contributed by atoms with van der Waals surface area (Å²) < 4.78 is 5.59. The van der Waals surface area contributed by atoms with Crippen LogP contribution in [0, 0.1) is 20.8 Å². The van der Waals surface area contributed by atoms with Gasteiger partial charge in [0.2, 0.25) is 0 Å². The van der Waals surface area contributed by atoms with Crippen molar-refractivity contribution in [3.8, 4) is 0 Å². The molecule has 2 heteroatoms. The molecule has 0 amide bonds. The van der Waals surface area contributed by atoms with Crippen LogP contribution >= 0.6 is 0 Å². The second kappa shape index (κ2) is 4.76. The second-order valence-corrected chi connectivity index (χ2v) is 4.61. The third-order valence-electron chi connectivity index (χ3n) is 3.03. The number of nitrogens with one attached hydrogen (secondary N) is 1. The van der Waals surface area contributed by atoms with Crippen LogP contribution in [0.3, 0.4) is 0 Å². The van der Waals surface area contributed by atoms with Crippen molar-refractivity contribution in [1.82, 2.24) is 5.32 Å². The Labute approximate surface area is 103 Å². The molecular weight excluding hydrogens is 210 g/mol. The number of hydrogen-bond donors (Lipinski definition) is 1. The minimum absolute atomic E-state index is 0.128. The SMILES string of the molecule is CNC(c1cc(C)cc(C)c1)c1occc1C. The van der Waals surface area contributed by atoms with Crippen LogP contribution in [0.15, 0.2) is 34.9 Å². The highest BCUT2D eigenvalue weighted by Gasteiger charge is 2.17. The fourth-order valence-electron chi connectivity index (χ4n) is 2.31. The molecule has 0 saturated carbocycles. The normalized spacial score (nSPS) is 12.7. The zero-order valence-corrected chi connectivity index (χ0v) is 10.9. The van der Waals surface area contributed by atoms with E-state index < -0.39 is 0 Å². The van der Waals surface area contributed by atoms with Crippen molar-refractivity contribution in [1.29, 1.82) is 0 Å². The molecule has 17 heavy (non-hydrogen) atoms. The quantitative estimate of drug-likeness (QED) is 0.871. The smallest absolute Gasteiger partial charge is 0.128 e. The highest BCUT2D eigenvalue weighted by Crippen LogP contribution is 2.26. The van der Waals surface area contributed by atoms with Crippen LogP contribution in [0.4, 0.5) is 0 Å². The minimum Gasteiger partial charge on any atom is -0.467 e. The van der Waals surface area contributed by atoms with Gasteiger partial charge in [0, 0.05) is 0 Å². The van der Waals surface area contributed by atoms with Crippen molar-refractivity contribution < 1.29 is 4.42 Å². The van der Waals surface area contributed by atoms with Gasteiger partial charge in [0.05, 0.1) is 12.3 Å². The average molecular weight is 229 g/mol. The maximum atomic E-state index is 5.59. The van der Waals surface area contributed by atoms with Crippen LogP contribution in [-0.4, -0.2) is 7.05 Å². The van der Waals surface area contributed by atoms with Gasteiger partial charge in [-0.1, -0.05) is 29.3 Å². The van der Waals surface area contributed by atoms with Crippen LogP contribution in [0.1, 0.15) is 34.1 Å². The number of hydrogen-bond acceptors (Lipinski definition) is 2. The van der Waals surface area contributed by atoms with Crippen LogP contribution < -0.4 is 5.32 Å². The van der Waals surface area contributed by atoms with Crippen molar-refractivity contribution in [3.05, 3.63) is 58.5 Å². The first-order valence-electron chi connectivity index (χ1n) is 5.91. The Morgan fingerprint density at radius 2 is 1.71 bits per heavy atom. The summed E-state index contributed by atoms with van der Waals surface area (Å²) in [6.45, 7) is 6.32. The molecule has 1 aromatic heterocycles. The zero-order valence-electron chi connectivity index (χ0n) is 10.9. The van der Waals surface area contributed by atoms with Gasteiger partial charge in [0.1, 0.15) is 5.76 Å². The van der Waals surface area contributed by atoms with Gasteiger partial charge >= 0.3 is 0 Å². The van der Waals surface area contributed by atoms with Crippen molar-refractivity contribution in [2.24, 2.45) is 0 Å². The Bertz CT molecular complexity index is 493. The van der Waals surface area contributed by atoms with E-state index in [1.165, 1.54) is 22.3 Å². The third-order valence-corrected chi connectivity index (χ3v) is 3.03. The molecule has 90 valence electrons. The molecule has 0 saturated heterocycles. The second-order valence-electron chi connectivity index (χ2n) is 4.61. The fraction of sp³-hybridized carbons (Fsp3) is 0.333. The summed E-state index contributed by atoms with van der Waals surface area (Å²) in [4.78, 5) is 0. The zero-order chi connectivity index (χ0) is 12.4.